The third-order valence-corrected chi connectivity index (χ3v) is 2.56. The van der Waals surface area contributed by atoms with Gasteiger partial charge in [-0.2, -0.15) is 4.89 Å². The van der Waals surface area contributed by atoms with Crippen molar-refractivity contribution in [1.29, 1.82) is 0 Å². The first kappa shape index (κ1) is 16.2. The van der Waals surface area contributed by atoms with Crippen molar-refractivity contribution in [3.63, 3.8) is 0 Å². The molecule has 0 bridgehead atoms. The lowest BCUT2D eigenvalue weighted by Crippen LogP contribution is -2.06. The minimum Gasteiger partial charge on any atom is -0.293 e. The molecule has 0 aliphatic heterocycles. The number of carbonyl (C=O) groups excluding carboxylic acids is 1. The summed E-state index contributed by atoms with van der Waals surface area (Å²) in [6.45, 7) is 7.77. The van der Waals surface area contributed by atoms with E-state index >= 15 is 0 Å². The Morgan fingerprint density at radius 1 is 1.00 bits per heavy atom. The summed E-state index contributed by atoms with van der Waals surface area (Å²) in [6.07, 6.45) is 9.94. The van der Waals surface area contributed by atoms with E-state index in [-0.39, 0.29) is 0 Å². The van der Waals surface area contributed by atoms with Crippen molar-refractivity contribution in [2.24, 2.45) is 0 Å². The van der Waals surface area contributed by atoms with E-state index in [2.05, 4.69) is 18.4 Å². The zero-order chi connectivity index (χ0) is 12.9. The molecule has 17 heavy (non-hydrogen) atoms. The lowest BCUT2D eigenvalue weighted by atomic mass is 10.1. The fraction of sp³-hybridized carbons (Fsp3) is 0.786. The average Bonchev–Trinajstić information content (AvgIpc) is 2.31. The molecule has 0 saturated heterocycles. The van der Waals surface area contributed by atoms with Gasteiger partial charge in [0.25, 0.3) is 0 Å². The minimum absolute atomic E-state index is 0.362. The molecule has 100 valence electrons. The summed E-state index contributed by atoms with van der Waals surface area (Å²) in [5, 5.41) is 0. The van der Waals surface area contributed by atoms with Gasteiger partial charge in [-0.25, -0.2) is 4.79 Å². The molecule has 0 aromatic carbocycles. The summed E-state index contributed by atoms with van der Waals surface area (Å²) in [5.41, 5.74) is 0.362. The van der Waals surface area contributed by atoms with Gasteiger partial charge in [0, 0.05) is 5.57 Å². The van der Waals surface area contributed by atoms with E-state index in [0.29, 0.717) is 12.2 Å². The van der Waals surface area contributed by atoms with Crippen LogP contribution in [0, 0.1) is 0 Å². The first-order valence-electron chi connectivity index (χ1n) is 6.67. The van der Waals surface area contributed by atoms with E-state index in [4.69, 9.17) is 4.89 Å². The molecule has 0 N–H and O–H groups in total. The molecule has 3 heteroatoms. The molecule has 0 heterocycles. The van der Waals surface area contributed by atoms with Gasteiger partial charge in [-0.1, -0.05) is 58.4 Å². The maximum absolute atomic E-state index is 10.9. The molecule has 0 aromatic heterocycles. The Labute approximate surface area is 105 Å². The number of hydrogen-bond acceptors (Lipinski definition) is 3. The Morgan fingerprint density at radius 2 is 1.53 bits per heavy atom. The molecular formula is C14H26O3. The first-order valence-corrected chi connectivity index (χ1v) is 6.67. The minimum atomic E-state index is -0.482. The van der Waals surface area contributed by atoms with E-state index in [1.54, 1.807) is 6.92 Å². The van der Waals surface area contributed by atoms with Crippen LogP contribution in [0.15, 0.2) is 12.2 Å². The predicted octanol–water partition coefficient (Wildman–Crippen LogP) is 4.18. The zero-order valence-corrected chi connectivity index (χ0v) is 11.3. The van der Waals surface area contributed by atoms with Crippen LogP contribution < -0.4 is 0 Å². The van der Waals surface area contributed by atoms with Crippen LogP contribution >= 0.6 is 0 Å². The standard InChI is InChI=1S/C14H26O3/c1-4-5-6-7-8-9-10-11-12-16-17-14(15)13(2)3/h2,4-12H2,1,3H3. The first-order chi connectivity index (χ1) is 8.18. The monoisotopic (exact) mass is 242 g/mol. The van der Waals surface area contributed by atoms with E-state index in [1.165, 1.54) is 38.5 Å². The Kier molecular flexibility index (Phi) is 11.1. The van der Waals surface area contributed by atoms with Crippen molar-refractivity contribution in [2.75, 3.05) is 6.61 Å². The van der Waals surface area contributed by atoms with Crippen LogP contribution in [0.4, 0.5) is 0 Å². The number of carbonyl (C=O) groups is 1. The smallest absolute Gasteiger partial charge is 0.293 e. The highest BCUT2D eigenvalue weighted by Crippen LogP contribution is 2.08. The van der Waals surface area contributed by atoms with Gasteiger partial charge in [0.2, 0.25) is 0 Å². The Balaban J connectivity index is 3.08. The fourth-order valence-corrected chi connectivity index (χ4v) is 1.46. The molecule has 0 atom stereocenters. The lowest BCUT2D eigenvalue weighted by Gasteiger charge is -2.03. The lowest BCUT2D eigenvalue weighted by molar-refractivity contribution is -0.268. The predicted molar refractivity (Wildman–Crippen MR) is 69.5 cm³/mol. The SMILES string of the molecule is C=C(C)C(=O)OOCCCCCCCCCC. The average molecular weight is 242 g/mol. The summed E-state index contributed by atoms with van der Waals surface area (Å²) in [7, 11) is 0. The van der Waals surface area contributed by atoms with E-state index in [9.17, 15) is 4.79 Å². The summed E-state index contributed by atoms with van der Waals surface area (Å²) >= 11 is 0. The van der Waals surface area contributed by atoms with Crippen LogP contribution in [0.25, 0.3) is 0 Å². The molecule has 0 aliphatic rings. The van der Waals surface area contributed by atoms with Gasteiger partial charge >= 0.3 is 5.97 Å². The van der Waals surface area contributed by atoms with Crippen LogP contribution in [0.1, 0.15) is 65.2 Å². The second-order valence-electron chi connectivity index (χ2n) is 4.45. The van der Waals surface area contributed by atoms with E-state index in [1.807, 2.05) is 0 Å². The van der Waals surface area contributed by atoms with Crippen molar-refractivity contribution in [3.8, 4) is 0 Å². The third-order valence-electron chi connectivity index (χ3n) is 2.56. The van der Waals surface area contributed by atoms with Crippen LogP contribution in [0.3, 0.4) is 0 Å². The Bertz CT molecular complexity index is 212. The highest BCUT2D eigenvalue weighted by Gasteiger charge is 2.03. The van der Waals surface area contributed by atoms with E-state index < -0.39 is 5.97 Å². The van der Waals surface area contributed by atoms with Gasteiger partial charge in [0.05, 0.1) is 6.61 Å². The molecular weight excluding hydrogens is 216 g/mol. The molecule has 0 radical (unpaired) electrons. The molecule has 0 saturated carbocycles. The number of hydrogen-bond donors (Lipinski definition) is 0. The molecule has 0 fully saturated rings. The largest absolute Gasteiger partial charge is 0.368 e. The van der Waals surface area contributed by atoms with Gasteiger partial charge in [-0.15, -0.1) is 0 Å². The topological polar surface area (TPSA) is 35.5 Å². The highest BCUT2D eigenvalue weighted by molar-refractivity contribution is 5.86. The van der Waals surface area contributed by atoms with Crippen molar-refractivity contribution in [1.82, 2.24) is 0 Å². The maximum atomic E-state index is 10.9. The maximum Gasteiger partial charge on any atom is 0.368 e. The fourth-order valence-electron chi connectivity index (χ4n) is 1.46. The van der Waals surface area contributed by atoms with Gasteiger partial charge in [0.1, 0.15) is 0 Å². The van der Waals surface area contributed by atoms with Crippen molar-refractivity contribution in [2.45, 2.75) is 65.2 Å². The van der Waals surface area contributed by atoms with Crippen LogP contribution in [0.2, 0.25) is 0 Å². The van der Waals surface area contributed by atoms with Crippen LogP contribution in [-0.2, 0) is 14.6 Å². The normalized spacial score (nSPS) is 10.2. The second-order valence-corrected chi connectivity index (χ2v) is 4.45. The summed E-state index contributed by atoms with van der Waals surface area (Å²) in [5.74, 6) is -0.482. The molecule has 3 nitrogen and oxygen atoms in total. The summed E-state index contributed by atoms with van der Waals surface area (Å²) < 4.78 is 0. The zero-order valence-electron chi connectivity index (χ0n) is 11.3. The summed E-state index contributed by atoms with van der Waals surface area (Å²) in [6, 6.07) is 0. The summed E-state index contributed by atoms with van der Waals surface area (Å²) in [4.78, 5) is 20.2. The van der Waals surface area contributed by atoms with Crippen LogP contribution in [-0.4, -0.2) is 12.6 Å². The van der Waals surface area contributed by atoms with Gasteiger partial charge in [0.15, 0.2) is 0 Å². The molecule has 0 unspecified atom stereocenters. The Hall–Kier alpha value is -0.830. The molecule has 0 amide bonds. The molecule has 0 rings (SSSR count). The van der Waals surface area contributed by atoms with Gasteiger partial charge in [-0.3, -0.25) is 4.89 Å². The van der Waals surface area contributed by atoms with Crippen LogP contribution in [0.5, 0.6) is 0 Å². The van der Waals surface area contributed by atoms with Crippen molar-refractivity contribution < 1.29 is 14.6 Å². The molecule has 0 aliphatic carbocycles. The number of unbranched alkanes of at least 4 members (excludes halogenated alkanes) is 7. The van der Waals surface area contributed by atoms with Crippen molar-refractivity contribution in [3.05, 3.63) is 12.2 Å². The molecule has 0 aromatic rings. The third kappa shape index (κ3) is 11.4. The van der Waals surface area contributed by atoms with Gasteiger partial charge in [-0.05, 0) is 13.3 Å². The molecule has 0 spiro atoms. The second kappa shape index (κ2) is 11.6. The highest BCUT2D eigenvalue weighted by atomic mass is 17.2. The Morgan fingerprint density at radius 3 is 2.06 bits per heavy atom. The quantitative estimate of drug-likeness (QED) is 0.236. The van der Waals surface area contributed by atoms with Gasteiger partial charge < -0.3 is 0 Å². The number of rotatable bonds is 11. The van der Waals surface area contributed by atoms with Crippen molar-refractivity contribution >= 4 is 5.97 Å². The van der Waals surface area contributed by atoms with E-state index in [0.717, 1.165) is 12.8 Å².